The zero-order valence-corrected chi connectivity index (χ0v) is 14.6. The molecule has 9 heteroatoms. The van der Waals surface area contributed by atoms with Crippen LogP contribution in [0.5, 0.6) is 0 Å². The predicted molar refractivity (Wildman–Crippen MR) is 87.6 cm³/mol. The van der Waals surface area contributed by atoms with Gasteiger partial charge in [-0.2, -0.15) is 0 Å². The number of hydrazine groups is 1. The summed E-state index contributed by atoms with van der Waals surface area (Å²) in [6.45, 7) is 8.00. The Labute approximate surface area is 138 Å². The molecule has 2 rings (SSSR count). The first-order chi connectivity index (χ1) is 10.3. The first-order valence-electron chi connectivity index (χ1n) is 7.02. The molecule has 1 aliphatic rings. The molecule has 0 aliphatic carbocycles. The van der Waals surface area contributed by atoms with E-state index in [1.807, 2.05) is 25.7 Å². The Morgan fingerprint density at radius 2 is 2.00 bits per heavy atom. The second kappa shape index (κ2) is 6.66. The highest BCUT2D eigenvalue weighted by Gasteiger charge is 2.27. The zero-order valence-electron chi connectivity index (χ0n) is 13.0. The lowest BCUT2D eigenvalue weighted by Crippen LogP contribution is -2.50. The molecule has 0 radical (unpaired) electrons. The molecular weight excluding hydrogens is 352 g/mol. The monoisotopic (exact) mass is 372 g/mol. The Bertz CT molecular complexity index is 540. The van der Waals surface area contributed by atoms with Crippen LogP contribution in [0.15, 0.2) is 10.8 Å². The highest BCUT2D eigenvalue weighted by Crippen LogP contribution is 2.23. The van der Waals surface area contributed by atoms with Crippen molar-refractivity contribution in [2.45, 2.75) is 26.4 Å². The van der Waals surface area contributed by atoms with Gasteiger partial charge in [-0.3, -0.25) is 0 Å². The molecule has 0 spiro atoms. The number of hydrogen-bond donors (Lipinski definition) is 2. The Kier molecular flexibility index (Phi) is 5.07. The van der Waals surface area contributed by atoms with Crippen molar-refractivity contribution in [1.82, 2.24) is 14.9 Å². The normalized spacial score (nSPS) is 15.7. The molecular formula is C13H21BrN6O2. The van der Waals surface area contributed by atoms with Crippen molar-refractivity contribution in [2.75, 3.05) is 36.5 Å². The molecule has 22 heavy (non-hydrogen) atoms. The number of nitrogen functional groups attached to an aromatic ring is 1. The van der Waals surface area contributed by atoms with Crippen molar-refractivity contribution in [3.05, 3.63) is 10.8 Å². The quantitative estimate of drug-likeness (QED) is 0.600. The van der Waals surface area contributed by atoms with E-state index in [2.05, 4.69) is 31.3 Å². The lowest BCUT2D eigenvalue weighted by atomic mass is 10.2. The van der Waals surface area contributed by atoms with Crippen LogP contribution in [0, 0.1) is 0 Å². The third kappa shape index (κ3) is 4.20. The summed E-state index contributed by atoms with van der Waals surface area (Å²) in [5.74, 6) is 6.66. The molecule has 3 N–H and O–H groups in total. The molecule has 1 aromatic rings. The number of nitrogens with zero attached hydrogens (tertiary/aromatic N) is 4. The largest absolute Gasteiger partial charge is 0.444 e. The van der Waals surface area contributed by atoms with E-state index < -0.39 is 5.60 Å². The summed E-state index contributed by atoms with van der Waals surface area (Å²) in [6.07, 6.45) is 1.34. The average Bonchev–Trinajstić information content (AvgIpc) is 2.45. The summed E-state index contributed by atoms with van der Waals surface area (Å²) in [4.78, 5) is 24.4. The smallest absolute Gasteiger partial charge is 0.410 e. The topological polar surface area (TPSA) is 96.6 Å². The van der Waals surface area contributed by atoms with Crippen LogP contribution in [0.25, 0.3) is 0 Å². The fourth-order valence-corrected chi connectivity index (χ4v) is 2.40. The van der Waals surface area contributed by atoms with Crippen molar-refractivity contribution < 1.29 is 9.53 Å². The van der Waals surface area contributed by atoms with Gasteiger partial charge in [0, 0.05) is 26.2 Å². The number of nitrogens with two attached hydrogens (primary N) is 1. The number of nitrogens with one attached hydrogen (secondary N) is 1. The number of anilines is 2. The summed E-state index contributed by atoms with van der Waals surface area (Å²) in [5, 5.41) is 0. The minimum absolute atomic E-state index is 0.286. The van der Waals surface area contributed by atoms with Gasteiger partial charge in [0.25, 0.3) is 0 Å². The van der Waals surface area contributed by atoms with Crippen molar-refractivity contribution in [3.8, 4) is 0 Å². The van der Waals surface area contributed by atoms with E-state index in [0.717, 1.165) is 0 Å². The van der Waals surface area contributed by atoms with Crippen molar-refractivity contribution in [3.63, 3.8) is 0 Å². The number of amides is 1. The molecule has 1 aliphatic heterocycles. The molecule has 1 aromatic heterocycles. The van der Waals surface area contributed by atoms with Gasteiger partial charge in [0.15, 0.2) is 11.6 Å². The van der Waals surface area contributed by atoms with Crippen molar-refractivity contribution in [2.24, 2.45) is 5.84 Å². The maximum atomic E-state index is 12.0. The Hall–Kier alpha value is -1.61. The summed E-state index contributed by atoms with van der Waals surface area (Å²) < 4.78 is 5.99. The molecule has 1 amide bonds. The number of carbonyl (C=O) groups excluding carboxylic acids is 1. The zero-order chi connectivity index (χ0) is 16.3. The van der Waals surface area contributed by atoms with Gasteiger partial charge >= 0.3 is 6.09 Å². The van der Waals surface area contributed by atoms with Gasteiger partial charge in [0.05, 0.1) is 6.20 Å². The molecule has 0 aromatic carbocycles. The molecule has 0 unspecified atom stereocenters. The van der Waals surface area contributed by atoms with E-state index >= 15 is 0 Å². The fraction of sp³-hybridized carbons (Fsp3) is 0.615. The van der Waals surface area contributed by atoms with Gasteiger partial charge in [-0.05, 0) is 36.7 Å². The number of halogens is 1. The van der Waals surface area contributed by atoms with E-state index in [0.29, 0.717) is 42.4 Å². The second-order valence-electron chi connectivity index (χ2n) is 5.96. The first-order valence-corrected chi connectivity index (χ1v) is 7.81. The highest BCUT2D eigenvalue weighted by molar-refractivity contribution is 9.10. The molecule has 122 valence electrons. The van der Waals surface area contributed by atoms with Gasteiger partial charge in [-0.15, -0.1) is 0 Å². The second-order valence-corrected chi connectivity index (χ2v) is 6.78. The lowest BCUT2D eigenvalue weighted by Gasteiger charge is -2.36. The number of piperazine rings is 1. The van der Waals surface area contributed by atoms with Crippen LogP contribution in [-0.2, 0) is 4.74 Å². The minimum atomic E-state index is -0.484. The van der Waals surface area contributed by atoms with Gasteiger partial charge in [-0.25, -0.2) is 20.6 Å². The number of aromatic nitrogens is 2. The van der Waals surface area contributed by atoms with Crippen LogP contribution in [-0.4, -0.2) is 52.7 Å². The predicted octanol–water partition coefficient (Wildman–Crippen LogP) is 1.58. The Morgan fingerprint density at radius 3 is 2.55 bits per heavy atom. The van der Waals surface area contributed by atoms with Gasteiger partial charge < -0.3 is 20.0 Å². The van der Waals surface area contributed by atoms with Gasteiger partial charge in [0.2, 0.25) is 0 Å². The van der Waals surface area contributed by atoms with Crippen LogP contribution in [0.2, 0.25) is 0 Å². The number of hydrogen-bond acceptors (Lipinski definition) is 7. The summed E-state index contributed by atoms with van der Waals surface area (Å²) in [5.41, 5.74) is 2.06. The Balaban J connectivity index is 1.99. The van der Waals surface area contributed by atoms with Crippen LogP contribution in [0.4, 0.5) is 16.4 Å². The van der Waals surface area contributed by atoms with Crippen LogP contribution in [0.1, 0.15) is 20.8 Å². The first kappa shape index (κ1) is 16.8. The number of rotatable bonds is 2. The molecule has 0 bridgehead atoms. The van der Waals surface area contributed by atoms with Gasteiger partial charge in [0.1, 0.15) is 10.2 Å². The molecule has 2 heterocycles. The van der Waals surface area contributed by atoms with E-state index in [9.17, 15) is 4.79 Å². The fourth-order valence-electron chi connectivity index (χ4n) is 2.12. The lowest BCUT2D eigenvalue weighted by molar-refractivity contribution is 0.0240. The SMILES string of the molecule is CC(C)(C)OC(=O)N1CCN(c2ncc(Br)nc2NN)CC1. The molecule has 0 saturated carbocycles. The van der Waals surface area contributed by atoms with Crippen molar-refractivity contribution >= 4 is 33.7 Å². The van der Waals surface area contributed by atoms with E-state index in [1.54, 1.807) is 11.1 Å². The van der Waals surface area contributed by atoms with Gasteiger partial charge in [-0.1, -0.05) is 0 Å². The van der Waals surface area contributed by atoms with Crippen LogP contribution in [0.3, 0.4) is 0 Å². The van der Waals surface area contributed by atoms with E-state index in [1.165, 1.54) is 0 Å². The minimum Gasteiger partial charge on any atom is -0.444 e. The van der Waals surface area contributed by atoms with Crippen molar-refractivity contribution in [1.29, 1.82) is 0 Å². The number of ether oxygens (including phenoxy) is 1. The molecule has 1 saturated heterocycles. The summed E-state index contributed by atoms with van der Waals surface area (Å²) in [7, 11) is 0. The average molecular weight is 373 g/mol. The van der Waals surface area contributed by atoms with E-state index in [-0.39, 0.29) is 6.09 Å². The maximum absolute atomic E-state index is 12.0. The maximum Gasteiger partial charge on any atom is 0.410 e. The molecule has 1 fully saturated rings. The van der Waals surface area contributed by atoms with E-state index in [4.69, 9.17) is 10.6 Å². The standard InChI is InChI=1S/C13H21BrN6O2/c1-13(2,3)22-12(21)20-6-4-19(5-7-20)11-10(18-15)17-9(14)8-16-11/h8H,4-7,15H2,1-3H3,(H,17,18). The summed E-state index contributed by atoms with van der Waals surface area (Å²) in [6, 6.07) is 0. The third-order valence-electron chi connectivity index (χ3n) is 3.09. The molecule has 0 atom stereocenters. The highest BCUT2D eigenvalue weighted by atomic mass is 79.9. The number of carbonyl (C=O) groups is 1. The van der Waals surface area contributed by atoms with Crippen LogP contribution < -0.4 is 16.2 Å². The Morgan fingerprint density at radius 1 is 1.36 bits per heavy atom. The molecule has 8 nitrogen and oxygen atoms in total. The third-order valence-corrected chi connectivity index (χ3v) is 3.47. The summed E-state index contributed by atoms with van der Waals surface area (Å²) >= 11 is 3.26. The van der Waals surface area contributed by atoms with Crippen LogP contribution >= 0.6 is 15.9 Å².